The predicted octanol–water partition coefficient (Wildman–Crippen LogP) is 3.25. The number of benzene rings is 1. The van der Waals surface area contributed by atoms with Crippen molar-refractivity contribution in [2.24, 2.45) is 0 Å². The SMILES string of the molecule is CN(C)C(C)(C)c1ccccc1Br. The minimum absolute atomic E-state index is 0.0695. The van der Waals surface area contributed by atoms with Gasteiger partial charge in [0.1, 0.15) is 0 Å². The molecule has 1 aromatic carbocycles. The molecule has 0 radical (unpaired) electrons. The van der Waals surface area contributed by atoms with Crippen LogP contribution in [0.2, 0.25) is 0 Å². The molecule has 1 aromatic rings. The van der Waals surface area contributed by atoms with Crippen molar-refractivity contribution < 1.29 is 0 Å². The molecule has 0 fully saturated rings. The lowest BCUT2D eigenvalue weighted by molar-refractivity contribution is 0.197. The Morgan fingerprint density at radius 1 is 1.15 bits per heavy atom. The molecule has 0 bridgehead atoms. The average molecular weight is 242 g/mol. The summed E-state index contributed by atoms with van der Waals surface area (Å²) in [4.78, 5) is 2.22. The first-order valence-electron chi connectivity index (χ1n) is 4.38. The molecule has 0 atom stereocenters. The minimum Gasteiger partial charge on any atom is -0.300 e. The Morgan fingerprint density at radius 2 is 1.69 bits per heavy atom. The van der Waals surface area contributed by atoms with Crippen LogP contribution in [0.1, 0.15) is 19.4 Å². The van der Waals surface area contributed by atoms with Gasteiger partial charge in [0, 0.05) is 10.0 Å². The van der Waals surface area contributed by atoms with Crippen LogP contribution in [0, 0.1) is 0 Å². The zero-order valence-corrected chi connectivity index (χ0v) is 10.2. The van der Waals surface area contributed by atoms with E-state index in [1.165, 1.54) is 10.0 Å². The summed E-state index contributed by atoms with van der Waals surface area (Å²) in [7, 11) is 4.19. The maximum absolute atomic E-state index is 3.57. The summed E-state index contributed by atoms with van der Waals surface area (Å²) in [6.45, 7) is 4.43. The van der Waals surface area contributed by atoms with E-state index < -0.39 is 0 Å². The van der Waals surface area contributed by atoms with E-state index in [2.05, 4.69) is 67.0 Å². The molecule has 13 heavy (non-hydrogen) atoms. The summed E-state index contributed by atoms with van der Waals surface area (Å²) in [5.74, 6) is 0. The van der Waals surface area contributed by atoms with E-state index in [-0.39, 0.29) is 5.54 Å². The highest BCUT2D eigenvalue weighted by atomic mass is 79.9. The van der Waals surface area contributed by atoms with Crippen molar-refractivity contribution in [3.63, 3.8) is 0 Å². The predicted molar refractivity (Wildman–Crippen MR) is 60.9 cm³/mol. The second-order valence-electron chi connectivity index (χ2n) is 3.93. The number of nitrogens with zero attached hydrogens (tertiary/aromatic N) is 1. The largest absolute Gasteiger partial charge is 0.300 e. The van der Waals surface area contributed by atoms with Crippen LogP contribution < -0.4 is 0 Å². The van der Waals surface area contributed by atoms with Crippen molar-refractivity contribution in [1.82, 2.24) is 4.90 Å². The van der Waals surface area contributed by atoms with Gasteiger partial charge in [-0.25, -0.2) is 0 Å². The van der Waals surface area contributed by atoms with E-state index >= 15 is 0 Å². The van der Waals surface area contributed by atoms with Crippen molar-refractivity contribution in [2.75, 3.05) is 14.1 Å². The van der Waals surface area contributed by atoms with Crippen LogP contribution in [-0.4, -0.2) is 19.0 Å². The molecule has 1 rings (SSSR count). The van der Waals surface area contributed by atoms with Crippen LogP contribution in [0.5, 0.6) is 0 Å². The Morgan fingerprint density at radius 3 is 2.15 bits per heavy atom. The monoisotopic (exact) mass is 241 g/mol. The van der Waals surface area contributed by atoms with E-state index in [1.54, 1.807) is 0 Å². The second-order valence-corrected chi connectivity index (χ2v) is 4.79. The van der Waals surface area contributed by atoms with Gasteiger partial charge in [0.15, 0.2) is 0 Å². The van der Waals surface area contributed by atoms with Crippen molar-refractivity contribution in [2.45, 2.75) is 19.4 Å². The molecule has 0 aliphatic rings. The number of hydrogen-bond donors (Lipinski definition) is 0. The number of halogens is 1. The zero-order chi connectivity index (χ0) is 10.1. The standard InChI is InChI=1S/C11H16BrN/c1-11(2,13(3)4)9-7-5-6-8-10(9)12/h5-8H,1-4H3. The van der Waals surface area contributed by atoms with Crippen LogP contribution in [0.15, 0.2) is 28.7 Å². The van der Waals surface area contributed by atoms with Gasteiger partial charge in [0.2, 0.25) is 0 Å². The quantitative estimate of drug-likeness (QED) is 0.769. The van der Waals surface area contributed by atoms with Gasteiger partial charge in [-0.3, -0.25) is 0 Å². The number of rotatable bonds is 2. The zero-order valence-electron chi connectivity index (χ0n) is 8.63. The highest BCUT2D eigenvalue weighted by Gasteiger charge is 2.24. The Hall–Kier alpha value is -0.340. The first kappa shape index (κ1) is 10.7. The third-order valence-corrected chi connectivity index (χ3v) is 3.34. The average Bonchev–Trinajstić information content (AvgIpc) is 2.04. The molecule has 0 aliphatic carbocycles. The van der Waals surface area contributed by atoms with Gasteiger partial charge in [0.05, 0.1) is 0 Å². The van der Waals surface area contributed by atoms with Gasteiger partial charge < -0.3 is 4.90 Å². The molecule has 0 aliphatic heterocycles. The highest BCUT2D eigenvalue weighted by Crippen LogP contribution is 2.31. The summed E-state index contributed by atoms with van der Waals surface area (Å²) in [5, 5.41) is 0. The fourth-order valence-electron chi connectivity index (χ4n) is 1.20. The normalized spacial score (nSPS) is 12.2. The molecule has 0 amide bonds. The van der Waals surface area contributed by atoms with E-state index in [4.69, 9.17) is 0 Å². The van der Waals surface area contributed by atoms with Crippen LogP contribution >= 0.6 is 15.9 Å². The smallest absolute Gasteiger partial charge is 0.0409 e. The summed E-state index contributed by atoms with van der Waals surface area (Å²) in [6, 6.07) is 8.36. The molecule has 0 heterocycles. The van der Waals surface area contributed by atoms with E-state index in [9.17, 15) is 0 Å². The summed E-state index contributed by atoms with van der Waals surface area (Å²) < 4.78 is 1.17. The Kier molecular flexibility index (Phi) is 3.14. The molecule has 0 saturated carbocycles. The first-order chi connectivity index (χ1) is 5.96. The lowest BCUT2D eigenvalue weighted by atomic mass is 9.93. The highest BCUT2D eigenvalue weighted by molar-refractivity contribution is 9.10. The fourth-order valence-corrected chi connectivity index (χ4v) is 1.97. The number of hydrogen-bond acceptors (Lipinski definition) is 1. The molecule has 72 valence electrons. The summed E-state index contributed by atoms with van der Waals surface area (Å²) in [6.07, 6.45) is 0. The second kappa shape index (κ2) is 3.81. The molecular weight excluding hydrogens is 226 g/mol. The van der Waals surface area contributed by atoms with Crippen LogP contribution in [0.25, 0.3) is 0 Å². The molecule has 0 unspecified atom stereocenters. The molecular formula is C11H16BrN. The van der Waals surface area contributed by atoms with Gasteiger partial charge in [-0.1, -0.05) is 34.1 Å². The van der Waals surface area contributed by atoms with E-state index in [0.29, 0.717) is 0 Å². The van der Waals surface area contributed by atoms with Gasteiger partial charge in [-0.15, -0.1) is 0 Å². The van der Waals surface area contributed by atoms with Crippen molar-refractivity contribution in [1.29, 1.82) is 0 Å². The van der Waals surface area contributed by atoms with E-state index in [0.717, 1.165) is 0 Å². The minimum atomic E-state index is 0.0695. The van der Waals surface area contributed by atoms with Crippen molar-refractivity contribution in [3.8, 4) is 0 Å². The van der Waals surface area contributed by atoms with E-state index in [1.807, 2.05) is 6.07 Å². The Bertz CT molecular complexity index is 292. The van der Waals surface area contributed by atoms with Crippen LogP contribution in [0.4, 0.5) is 0 Å². The van der Waals surface area contributed by atoms with Gasteiger partial charge in [-0.05, 0) is 39.6 Å². The molecule has 0 spiro atoms. The topological polar surface area (TPSA) is 3.24 Å². The van der Waals surface area contributed by atoms with Gasteiger partial charge in [0.25, 0.3) is 0 Å². The lowest BCUT2D eigenvalue weighted by Crippen LogP contribution is -2.35. The fraction of sp³-hybridized carbons (Fsp3) is 0.455. The first-order valence-corrected chi connectivity index (χ1v) is 5.18. The summed E-state index contributed by atoms with van der Waals surface area (Å²) >= 11 is 3.57. The molecule has 0 saturated heterocycles. The molecule has 2 heteroatoms. The maximum Gasteiger partial charge on any atom is 0.0409 e. The van der Waals surface area contributed by atoms with Crippen LogP contribution in [0.3, 0.4) is 0 Å². The third-order valence-electron chi connectivity index (χ3n) is 2.65. The molecule has 0 aromatic heterocycles. The lowest BCUT2D eigenvalue weighted by Gasteiger charge is -2.33. The van der Waals surface area contributed by atoms with Gasteiger partial charge in [-0.2, -0.15) is 0 Å². The Balaban J connectivity index is 3.14. The third kappa shape index (κ3) is 2.12. The van der Waals surface area contributed by atoms with Crippen LogP contribution in [-0.2, 0) is 5.54 Å². The van der Waals surface area contributed by atoms with Crippen molar-refractivity contribution >= 4 is 15.9 Å². The van der Waals surface area contributed by atoms with Gasteiger partial charge >= 0.3 is 0 Å². The molecule has 0 N–H and O–H groups in total. The molecule has 1 nitrogen and oxygen atoms in total. The Labute approximate surface area is 88.9 Å². The van der Waals surface area contributed by atoms with Crippen molar-refractivity contribution in [3.05, 3.63) is 34.3 Å². The summed E-state index contributed by atoms with van der Waals surface area (Å²) in [5.41, 5.74) is 1.39. The maximum atomic E-state index is 3.57.